The van der Waals surface area contributed by atoms with Crippen molar-refractivity contribution in [3.63, 3.8) is 0 Å². The molecule has 0 atom stereocenters. The highest BCUT2D eigenvalue weighted by Crippen LogP contribution is 2.59. The molecule has 1 saturated carbocycles. The molecule has 3 aliphatic rings. The van der Waals surface area contributed by atoms with Crippen LogP contribution in [0.4, 0.5) is 5.69 Å². The number of esters is 1. The van der Waals surface area contributed by atoms with Crippen LogP contribution >= 0.6 is 11.6 Å². The Balaban J connectivity index is 1.19. The highest BCUT2D eigenvalue weighted by Gasteiger charge is 2.67. The van der Waals surface area contributed by atoms with Crippen LogP contribution in [0.25, 0.3) is 4.85 Å². The third kappa shape index (κ3) is 6.12. The Morgan fingerprint density at radius 3 is 2.44 bits per heavy atom. The molecule has 1 amide bonds. The first-order valence-electron chi connectivity index (χ1n) is 14.8. The average Bonchev–Trinajstić information content (AvgIpc) is 3.18. The normalized spacial score (nSPS) is 22.4. The summed E-state index contributed by atoms with van der Waals surface area (Å²) in [7, 11) is 0. The fourth-order valence-corrected chi connectivity index (χ4v) is 7.63. The van der Waals surface area contributed by atoms with Gasteiger partial charge in [0.15, 0.2) is 0 Å². The van der Waals surface area contributed by atoms with E-state index < -0.39 is 5.60 Å². The van der Waals surface area contributed by atoms with E-state index in [1.807, 2.05) is 43.9 Å². The van der Waals surface area contributed by atoms with Crippen LogP contribution in [-0.2, 0) is 16.1 Å². The molecule has 1 aliphatic carbocycles. The van der Waals surface area contributed by atoms with Gasteiger partial charge in [-0.1, -0.05) is 57.2 Å². The number of hydrogen-bond acceptors (Lipinski definition) is 5. The summed E-state index contributed by atoms with van der Waals surface area (Å²) in [5, 5.41) is 0.371. The molecule has 0 N–H and O–H groups in total. The summed E-state index contributed by atoms with van der Waals surface area (Å²) >= 11 is 6.26. The van der Waals surface area contributed by atoms with Crippen molar-refractivity contribution in [3.05, 3.63) is 69.5 Å². The van der Waals surface area contributed by atoms with Crippen molar-refractivity contribution in [2.24, 2.45) is 16.7 Å². The van der Waals surface area contributed by atoms with Crippen LogP contribution in [0, 0.1) is 35.2 Å². The molecule has 2 heterocycles. The Hall–Kier alpha value is -3.52. The summed E-state index contributed by atoms with van der Waals surface area (Å²) in [6, 6.07) is 11.0. The van der Waals surface area contributed by atoms with E-state index in [-0.39, 0.29) is 34.9 Å². The molecule has 2 fully saturated rings. The number of fused-ring (bicyclic) bond motifs is 1. The first-order valence-corrected chi connectivity index (χ1v) is 15.2. The van der Waals surface area contributed by atoms with Crippen molar-refractivity contribution < 1.29 is 19.1 Å². The molecule has 7 nitrogen and oxygen atoms in total. The fraction of sp³-hybridized carbons (Fsp3) is 0.514. The van der Waals surface area contributed by atoms with Crippen molar-refractivity contribution in [2.75, 3.05) is 19.6 Å². The summed E-state index contributed by atoms with van der Waals surface area (Å²) < 4.78 is 11.8. The number of rotatable bonds is 6. The van der Waals surface area contributed by atoms with Crippen molar-refractivity contribution in [2.45, 2.75) is 79.2 Å². The molecule has 0 bridgehead atoms. The van der Waals surface area contributed by atoms with Crippen LogP contribution in [0.3, 0.4) is 0 Å². The second-order valence-corrected chi connectivity index (χ2v) is 14.6. The highest BCUT2D eigenvalue weighted by molar-refractivity contribution is 6.33. The molecular formula is C35H40ClN3O4. The zero-order valence-corrected chi connectivity index (χ0v) is 26.8. The number of likely N-dealkylation sites (tertiary alicyclic amines) is 1. The summed E-state index contributed by atoms with van der Waals surface area (Å²) in [5.41, 5.74) is 1.96. The summed E-state index contributed by atoms with van der Waals surface area (Å²) in [6.45, 7) is 24.0. The monoisotopic (exact) mass is 601 g/mol. The number of halogens is 1. The Morgan fingerprint density at radius 1 is 1.12 bits per heavy atom. The van der Waals surface area contributed by atoms with Crippen LogP contribution in [0.2, 0.25) is 5.02 Å². The first kappa shape index (κ1) is 30.9. The topological polar surface area (TPSA) is 63.4 Å². The lowest BCUT2D eigenvalue weighted by Crippen LogP contribution is -2.74. The number of ether oxygens (including phenoxy) is 2. The number of amides is 1. The third-order valence-electron chi connectivity index (χ3n) is 8.73. The molecule has 5 rings (SSSR count). The largest absolute Gasteiger partial charge is 0.489 e. The van der Waals surface area contributed by atoms with Crippen LogP contribution in [0.1, 0.15) is 76.4 Å². The Bertz CT molecular complexity index is 1530. The van der Waals surface area contributed by atoms with Gasteiger partial charge in [-0.3, -0.25) is 14.5 Å². The van der Waals surface area contributed by atoms with E-state index in [0.29, 0.717) is 35.5 Å². The molecule has 2 aliphatic heterocycles. The molecule has 226 valence electrons. The van der Waals surface area contributed by atoms with Gasteiger partial charge in [-0.25, -0.2) is 4.85 Å². The van der Waals surface area contributed by atoms with Gasteiger partial charge < -0.3 is 14.4 Å². The van der Waals surface area contributed by atoms with Crippen molar-refractivity contribution in [1.82, 2.24) is 9.80 Å². The number of nitrogens with zero attached hydrogens (tertiary/aromatic N) is 3. The minimum atomic E-state index is -0.464. The average molecular weight is 602 g/mol. The maximum Gasteiger partial charge on any atom is 0.320 e. The summed E-state index contributed by atoms with van der Waals surface area (Å²) in [6.07, 6.45) is 0.620. The van der Waals surface area contributed by atoms with E-state index >= 15 is 0 Å². The van der Waals surface area contributed by atoms with Gasteiger partial charge in [0.1, 0.15) is 17.5 Å². The minimum absolute atomic E-state index is 0.0281. The van der Waals surface area contributed by atoms with Gasteiger partial charge in [0.05, 0.1) is 18.1 Å². The van der Waals surface area contributed by atoms with Gasteiger partial charge in [-0.15, -0.1) is 0 Å². The van der Waals surface area contributed by atoms with Crippen LogP contribution in [-0.4, -0.2) is 59.1 Å². The number of benzene rings is 2. The third-order valence-corrected chi connectivity index (χ3v) is 9.04. The second-order valence-electron chi connectivity index (χ2n) is 14.2. The van der Waals surface area contributed by atoms with Gasteiger partial charge >= 0.3 is 5.97 Å². The molecule has 2 aromatic rings. The molecule has 0 aromatic heterocycles. The van der Waals surface area contributed by atoms with E-state index in [0.717, 1.165) is 36.2 Å². The Labute approximate surface area is 260 Å². The molecule has 2 aromatic carbocycles. The molecule has 0 spiro atoms. The highest BCUT2D eigenvalue weighted by atomic mass is 35.5. The second kappa shape index (κ2) is 11.2. The summed E-state index contributed by atoms with van der Waals surface area (Å²) in [5.74, 6) is 7.52. The van der Waals surface area contributed by atoms with Gasteiger partial charge in [-0.2, -0.15) is 0 Å². The van der Waals surface area contributed by atoms with Crippen LogP contribution < -0.4 is 4.74 Å². The molecular weight excluding hydrogens is 562 g/mol. The molecule has 43 heavy (non-hydrogen) atoms. The van der Waals surface area contributed by atoms with E-state index in [4.69, 9.17) is 27.6 Å². The molecule has 0 unspecified atom stereocenters. The first-order chi connectivity index (χ1) is 20.1. The Kier molecular flexibility index (Phi) is 8.05. The number of carbonyl (C=O) groups excluding carboxylic acids is 2. The van der Waals surface area contributed by atoms with E-state index in [1.165, 1.54) is 0 Å². The zero-order valence-electron chi connectivity index (χ0n) is 26.1. The molecule has 8 heteroatoms. The van der Waals surface area contributed by atoms with E-state index in [1.54, 1.807) is 18.2 Å². The van der Waals surface area contributed by atoms with Crippen molar-refractivity contribution >= 4 is 29.2 Å². The van der Waals surface area contributed by atoms with E-state index in [9.17, 15) is 9.59 Å². The van der Waals surface area contributed by atoms with Gasteiger partial charge in [0, 0.05) is 54.1 Å². The lowest BCUT2D eigenvalue weighted by molar-refractivity contribution is -0.199. The van der Waals surface area contributed by atoms with Crippen LogP contribution in [0.15, 0.2) is 36.4 Å². The minimum Gasteiger partial charge on any atom is -0.489 e. The lowest BCUT2D eigenvalue weighted by Gasteiger charge is -2.65. The van der Waals surface area contributed by atoms with Gasteiger partial charge in [-0.05, 0) is 62.6 Å². The predicted octanol–water partition coefficient (Wildman–Crippen LogP) is 6.74. The zero-order chi connectivity index (χ0) is 31.3. The maximum atomic E-state index is 13.6. The van der Waals surface area contributed by atoms with Gasteiger partial charge in [0.2, 0.25) is 5.69 Å². The predicted molar refractivity (Wildman–Crippen MR) is 167 cm³/mol. The lowest BCUT2D eigenvalue weighted by atomic mass is 9.49. The summed E-state index contributed by atoms with van der Waals surface area (Å²) in [4.78, 5) is 33.1. The van der Waals surface area contributed by atoms with Crippen molar-refractivity contribution in [3.8, 4) is 17.6 Å². The smallest absolute Gasteiger partial charge is 0.320 e. The Morgan fingerprint density at radius 2 is 1.81 bits per heavy atom. The van der Waals surface area contributed by atoms with Crippen LogP contribution in [0.5, 0.6) is 5.75 Å². The SMILES string of the molecule is [C-]#[N+]c1ccc(OC2C(C)(C)C(N3Cc4cc(C#CCC5CN(CC(=O)OC(C)(C)C)C5)ccc4C3=O)C2(C)C)cc1Cl. The number of hydrogen-bond donors (Lipinski definition) is 0. The molecule has 1 saturated heterocycles. The standard InChI is InChI=1S/C35H40ClN3O4/c1-33(2,3)43-29(40)21-38-18-23(19-38)11-9-10-22-12-14-26-24(16-22)20-39(30(26)41)31-34(4,5)32(35(31,6)7)42-25-13-15-28(37-8)27(36)17-25/h12-17,23,31-32H,11,18-21H2,1-7H3. The molecule has 0 radical (unpaired) electrons. The van der Waals surface area contributed by atoms with Crippen molar-refractivity contribution in [1.29, 1.82) is 0 Å². The quantitative estimate of drug-likeness (QED) is 0.208. The fourth-order valence-electron chi connectivity index (χ4n) is 7.42. The number of carbonyl (C=O) groups is 2. The van der Waals surface area contributed by atoms with E-state index in [2.05, 4.69) is 49.3 Å². The van der Waals surface area contributed by atoms with Gasteiger partial charge in [0.25, 0.3) is 5.91 Å². The maximum absolute atomic E-state index is 13.6.